The van der Waals surface area contributed by atoms with Gasteiger partial charge in [0.15, 0.2) is 0 Å². The number of hydrogen-bond acceptors (Lipinski definition) is 4. The molecule has 0 bridgehead atoms. The van der Waals surface area contributed by atoms with E-state index in [1.54, 1.807) is 6.20 Å². The van der Waals surface area contributed by atoms with E-state index in [1.165, 1.54) is 0 Å². The number of carbonyl (C=O) groups is 1. The third-order valence-electron chi connectivity index (χ3n) is 4.08. The van der Waals surface area contributed by atoms with Gasteiger partial charge < -0.3 is 15.0 Å². The minimum absolute atomic E-state index is 0.0525. The van der Waals surface area contributed by atoms with Crippen LogP contribution in [-0.2, 0) is 11.3 Å². The Morgan fingerprint density at radius 2 is 2.04 bits per heavy atom. The number of nitrogens with zero attached hydrogens (tertiary/aromatic N) is 2. The fraction of sp³-hybridized carbons (Fsp3) is 0.333. The van der Waals surface area contributed by atoms with E-state index in [9.17, 15) is 4.79 Å². The summed E-state index contributed by atoms with van der Waals surface area (Å²) in [5.74, 6) is -0.0525. The number of para-hydroxylation sites is 1. The van der Waals surface area contributed by atoms with Crippen molar-refractivity contribution in [1.82, 2.24) is 10.3 Å². The van der Waals surface area contributed by atoms with E-state index in [0.29, 0.717) is 25.3 Å². The Bertz CT molecular complexity index is 681. The molecule has 5 heteroatoms. The number of carbonyl (C=O) groups excluding carboxylic acids is 1. The van der Waals surface area contributed by atoms with Gasteiger partial charge in [0.1, 0.15) is 0 Å². The molecule has 0 atom stereocenters. The third-order valence-corrected chi connectivity index (χ3v) is 4.08. The van der Waals surface area contributed by atoms with Crippen molar-refractivity contribution in [2.75, 3.05) is 31.2 Å². The van der Waals surface area contributed by atoms with E-state index in [2.05, 4.69) is 15.2 Å². The van der Waals surface area contributed by atoms with Gasteiger partial charge in [-0.3, -0.25) is 9.78 Å². The maximum atomic E-state index is 12.6. The molecule has 120 valence electrons. The Labute approximate surface area is 136 Å². The molecular formula is C18H21N3O2. The second-order valence-electron chi connectivity index (χ2n) is 5.60. The average Bonchev–Trinajstić information content (AvgIpc) is 2.61. The summed E-state index contributed by atoms with van der Waals surface area (Å²) in [5.41, 5.74) is 3.84. The van der Waals surface area contributed by atoms with Crippen LogP contribution in [0.15, 0.2) is 42.7 Å². The number of rotatable bonds is 4. The van der Waals surface area contributed by atoms with Gasteiger partial charge in [0, 0.05) is 37.7 Å². The molecule has 1 N–H and O–H groups in total. The lowest BCUT2D eigenvalue weighted by Crippen LogP contribution is -2.37. The van der Waals surface area contributed by atoms with Crippen molar-refractivity contribution in [2.24, 2.45) is 0 Å². The van der Waals surface area contributed by atoms with E-state index in [1.807, 2.05) is 43.5 Å². The second kappa shape index (κ2) is 7.24. The van der Waals surface area contributed by atoms with Gasteiger partial charge in [0.25, 0.3) is 5.91 Å². The van der Waals surface area contributed by atoms with Crippen LogP contribution in [0.4, 0.5) is 5.69 Å². The van der Waals surface area contributed by atoms with Crippen molar-refractivity contribution in [3.8, 4) is 0 Å². The van der Waals surface area contributed by atoms with Crippen LogP contribution in [0.25, 0.3) is 0 Å². The van der Waals surface area contributed by atoms with E-state index >= 15 is 0 Å². The largest absolute Gasteiger partial charge is 0.378 e. The van der Waals surface area contributed by atoms with E-state index in [0.717, 1.165) is 29.9 Å². The molecule has 2 aromatic rings. The fourth-order valence-electron chi connectivity index (χ4n) is 2.72. The van der Waals surface area contributed by atoms with Crippen LogP contribution in [0.2, 0.25) is 0 Å². The Morgan fingerprint density at radius 1 is 1.26 bits per heavy atom. The molecule has 0 saturated carbocycles. The highest BCUT2D eigenvalue weighted by Gasteiger charge is 2.18. The van der Waals surface area contributed by atoms with E-state index in [-0.39, 0.29) is 5.91 Å². The first kappa shape index (κ1) is 15.5. The average molecular weight is 311 g/mol. The summed E-state index contributed by atoms with van der Waals surface area (Å²) in [6.45, 7) is 5.53. The molecule has 1 fully saturated rings. The molecule has 0 unspecified atom stereocenters. The summed E-state index contributed by atoms with van der Waals surface area (Å²) in [4.78, 5) is 18.9. The molecule has 1 aliphatic heterocycles. The Kier molecular flexibility index (Phi) is 4.88. The number of ether oxygens (including phenoxy) is 1. The van der Waals surface area contributed by atoms with Crippen LogP contribution < -0.4 is 10.2 Å². The van der Waals surface area contributed by atoms with Gasteiger partial charge >= 0.3 is 0 Å². The summed E-state index contributed by atoms with van der Waals surface area (Å²) in [5, 5.41) is 3.01. The first-order valence-corrected chi connectivity index (χ1v) is 7.85. The van der Waals surface area contributed by atoms with Gasteiger partial charge in [0.2, 0.25) is 0 Å². The second-order valence-corrected chi connectivity index (χ2v) is 5.60. The van der Waals surface area contributed by atoms with Crippen molar-refractivity contribution in [1.29, 1.82) is 0 Å². The molecular weight excluding hydrogens is 290 g/mol. The van der Waals surface area contributed by atoms with Crippen LogP contribution in [-0.4, -0.2) is 37.2 Å². The highest BCUT2D eigenvalue weighted by Crippen LogP contribution is 2.21. The first-order valence-electron chi connectivity index (χ1n) is 7.85. The zero-order valence-electron chi connectivity index (χ0n) is 13.3. The van der Waals surface area contributed by atoms with E-state index < -0.39 is 0 Å². The van der Waals surface area contributed by atoms with Crippen LogP contribution in [0, 0.1) is 6.92 Å². The molecule has 0 spiro atoms. The van der Waals surface area contributed by atoms with Gasteiger partial charge in [-0.2, -0.15) is 0 Å². The first-order chi connectivity index (χ1) is 11.3. The Balaban J connectivity index is 1.73. The maximum Gasteiger partial charge on any atom is 0.253 e. The predicted molar refractivity (Wildman–Crippen MR) is 89.6 cm³/mol. The third kappa shape index (κ3) is 3.68. The SMILES string of the molecule is Cc1cnccc1CNC(=O)c1ccccc1N1CCOCC1. The summed E-state index contributed by atoms with van der Waals surface area (Å²) in [7, 11) is 0. The zero-order valence-corrected chi connectivity index (χ0v) is 13.3. The number of amides is 1. The Morgan fingerprint density at radius 3 is 2.83 bits per heavy atom. The van der Waals surface area contributed by atoms with Crippen molar-refractivity contribution >= 4 is 11.6 Å². The molecule has 0 radical (unpaired) electrons. The number of pyridine rings is 1. The van der Waals surface area contributed by atoms with Gasteiger partial charge in [-0.1, -0.05) is 12.1 Å². The molecule has 1 aromatic carbocycles. The smallest absolute Gasteiger partial charge is 0.253 e. The lowest BCUT2D eigenvalue weighted by Gasteiger charge is -2.30. The van der Waals surface area contributed by atoms with Crippen molar-refractivity contribution in [3.63, 3.8) is 0 Å². The number of anilines is 1. The number of benzene rings is 1. The molecule has 23 heavy (non-hydrogen) atoms. The zero-order chi connectivity index (χ0) is 16.1. The lowest BCUT2D eigenvalue weighted by atomic mass is 10.1. The number of aryl methyl sites for hydroxylation is 1. The molecule has 0 aliphatic carbocycles. The minimum atomic E-state index is -0.0525. The molecule has 1 aromatic heterocycles. The summed E-state index contributed by atoms with van der Waals surface area (Å²) in [6.07, 6.45) is 3.55. The summed E-state index contributed by atoms with van der Waals surface area (Å²) < 4.78 is 5.39. The van der Waals surface area contributed by atoms with Gasteiger partial charge in [0.05, 0.1) is 18.8 Å². The highest BCUT2D eigenvalue weighted by atomic mass is 16.5. The van der Waals surface area contributed by atoms with Crippen molar-refractivity contribution in [3.05, 3.63) is 59.4 Å². The molecule has 1 amide bonds. The van der Waals surface area contributed by atoms with Crippen LogP contribution in [0.3, 0.4) is 0 Å². The lowest BCUT2D eigenvalue weighted by molar-refractivity contribution is 0.0949. The molecule has 1 aliphatic rings. The van der Waals surface area contributed by atoms with Crippen LogP contribution >= 0.6 is 0 Å². The van der Waals surface area contributed by atoms with Gasteiger partial charge in [-0.15, -0.1) is 0 Å². The number of nitrogens with one attached hydrogen (secondary N) is 1. The maximum absolute atomic E-state index is 12.6. The van der Waals surface area contributed by atoms with Crippen molar-refractivity contribution < 1.29 is 9.53 Å². The highest BCUT2D eigenvalue weighted by molar-refractivity contribution is 5.99. The van der Waals surface area contributed by atoms with Crippen LogP contribution in [0.5, 0.6) is 0 Å². The normalized spacial score (nSPS) is 14.6. The Hall–Kier alpha value is -2.40. The van der Waals surface area contributed by atoms with Crippen molar-refractivity contribution in [2.45, 2.75) is 13.5 Å². The summed E-state index contributed by atoms with van der Waals surface area (Å²) >= 11 is 0. The quantitative estimate of drug-likeness (QED) is 0.940. The predicted octanol–water partition coefficient (Wildman–Crippen LogP) is 2.16. The molecule has 1 saturated heterocycles. The fourth-order valence-corrected chi connectivity index (χ4v) is 2.72. The standard InChI is InChI=1S/C18H21N3O2/c1-14-12-19-7-6-15(14)13-20-18(22)16-4-2-3-5-17(16)21-8-10-23-11-9-21/h2-7,12H,8-11,13H2,1H3,(H,20,22). The topological polar surface area (TPSA) is 54.5 Å². The number of morpholine rings is 1. The van der Waals surface area contributed by atoms with Gasteiger partial charge in [-0.05, 0) is 36.2 Å². The minimum Gasteiger partial charge on any atom is -0.378 e. The monoisotopic (exact) mass is 311 g/mol. The molecule has 3 rings (SSSR count). The number of hydrogen-bond donors (Lipinski definition) is 1. The summed E-state index contributed by atoms with van der Waals surface area (Å²) in [6, 6.07) is 9.67. The van der Waals surface area contributed by atoms with Gasteiger partial charge in [-0.25, -0.2) is 0 Å². The molecule has 5 nitrogen and oxygen atoms in total. The van der Waals surface area contributed by atoms with Crippen LogP contribution in [0.1, 0.15) is 21.5 Å². The van der Waals surface area contributed by atoms with E-state index in [4.69, 9.17) is 4.74 Å². The molecule has 2 heterocycles. The number of aromatic nitrogens is 1.